The molecule has 0 bridgehead atoms. The molecule has 6 nitrogen and oxygen atoms in total. The molecule has 0 aliphatic heterocycles. The van der Waals surface area contributed by atoms with E-state index in [1.54, 1.807) is 24.6 Å². The van der Waals surface area contributed by atoms with Crippen molar-refractivity contribution >= 4 is 17.3 Å². The van der Waals surface area contributed by atoms with Crippen molar-refractivity contribution in [3.8, 4) is 0 Å². The normalized spacial score (nSPS) is 11.6. The first-order valence-electron chi connectivity index (χ1n) is 9.18. The van der Waals surface area contributed by atoms with Gasteiger partial charge in [0.05, 0.1) is 11.3 Å². The van der Waals surface area contributed by atoms with E-state index in [-0.39, 0.29) is 0 Å². The second-order valence-corrected chi connectivity index (χ2v) is 7.43. The number of hydrogen-bond acceptors (Lipinski definition) is 4. The van der Waals surface area contributed by atoms with Gasteiger partial charge in [-0.15, -0.1) is 11.3 Å². The van der Waals surface area contributed by atoms with E-state index < -0.39 is 0 Å². The number of nitrogens with zero attached hydrogens (tertiary/aromatic N) is 4. The molecule has 142 valence electrons. The number of nitrogens with one attached hydrogen (secondary N) is 2. The van der Waals surface area contributed by atoms with E-state index in [1.807, 2.05) is 18.7 Å². The van der Waals surface area contributed by atoms with Crippen LogP contribution in [0.5, 0.6) is 0 Å². The zero-order chi connectivity index (χ0) is 18.9. The van der Waals surface area contributed by atoms with Crippen LogP contribution in [0.3, 0.4) is 0 Å². The minimum atomic E-state index is 0.731. The van der Waals surface area contributed by atoms with Gasteiger partial charge < -0.3 is 15.2 Å². The molecule has 0 radical (unpaired) electrons. The van der Waals surface area contributed by atoms with Crippen molar-refractivity contribution in [1.29, 1.82) is 0 Å². The monoisotopic (exact) mass is 382 g/mol. The van der Waals surface area contributed by atoms with Crippen molar-refractivity contribution in [2.75, 3.05) is 13.6 Å². The SMILES string of the molecule is CCc1cnc(CCNC(=NC)NCc2cccc(Cn3ccnc3)c2)s1. The molecule has 27 heavy (non-hydrogen) atoms. The molecule has 0 amide bonds. The van der Waals surface area contributed by atoms with Crippen LogP contribution in [0, 0.1) is 0 Å². The molecular weight excluding hydrogens is 356 g/mol. The lowest BCUT2D eigenvalue weighted by Crippen LogP contribution is -2.37. The van der Waals surface area contributed by atoms with E-state index in [0.717, 1.165) is 38.4 Å². The van der Waals surface area contributed by atoms with Gasteiger partial charge in [-0.1, -0.05) is 31.2 Å². The maximum Gasteiger partial charge on any atom is 0.191 e. The summed E-state index contributed by atoms with van der Waals surface area (Å²) in [7, 11) is 1.80. The topological polar surface area (TPSA) is 67.1 Å². The van der Waals surface area contributed by atoms with Crippen LogP contribution in [0.4, 0.5) is 0 Å². The molecule has 2 aromatic heterocycles. The minimum Gasteiger partial charge on any atom is -0.356 e. The first-order valence-corrected chi connectivity index (χ1v) is 10.00. The largest absolute Gasteiger partial charge is 0.356 e. The molecular formula is C20H26N6S. The van der Waals surface area contributed by atoms with Gasteiger partial charge in [0.2, 0.25) is 0 Å². The summed E-state index contributed by atoms with van der Waals surface area (Å²) in [5.41, 5.74) is 2.48. The minimum absolute atomic E-state index is 0.731. The van der Waals surface area contributed by atoms with Gasteiger partial charge in [0.1, 0.15) is 0 Å². The lowest BCUT2D eigenvalue weighted by molar-refractivity contribution is 0.781. The Bertz CT molecular complexity index is 853. The highest BCUT2D eigenvalue weighted by molar-refractivity contribution is 7.11. The lowest BCUT2D eigenvalue weighted by atomic mass is 10.1. The number of thiazole rings is 1. The number of benzene rings is 1. The molecule has 0 aliphatic carbocycles. The summed E-state index contributed by atoms with van der Waals surface area (Å²) in [6, 6.07) is 8.56. The fourth-order valence-electron chi connectivity index (χ4n) is 2.75. The molecule has 0 spiro atoms. The van der Waals surface area contributed by atoms with Gasteiger partial charge in [-0.05, 0) is 17.5 Å². The van der Waals surface area contributed by atoms with Gasteiger partial charge in [-0.2, -0.15) is 0 Å². The highest BCUT2D eigenvalue weighted by Crippen LogP contribution is 2.13. The summed E-state index contributed by atoms with van der Waals surface area (Å²) < 4.78 is 2.07. The highest BCUT2D eigenvalue weighted by atomic mass is 32.1. The van der Waals surface area contributed by atoms with Crippen LogP contribution >= 0.6 is 11.3 Å². The Kier molecular flexibility index (Phi) is 6.98. The Hall–Kier alpha value is -2.67. The zero-order valence-electron chi connectivity index (χ0n) is 15.9. The molecule has 7 heteroatoms. The predicted molar refractivity (Wildman–Crippen MR) is 111 cm³/mol. The Morgan fingerprint density at radius 1 is 1.26 bits per heavy atom. The van der Waals surface area contributed by atoms with E-state index in [2.05, 4.69) is 61.4 Å². The third-order valence-corrected chi connectivity index (χ3v) is 5.38. The summed E-state index contributed by atoms with van der Waals surface area (Å²) in [5.74, 6) is 0.808. The standard InChI is InChI=1S/C20H26N6S/c1-3-18-13-24-19(27-18)7-8-23-20(21-2)25-12-16-5-4-6-17(11-16)14-26-10-9-22-15-26/h4-6,9-11,13,15H,3,7-8,12,14H2,1-2H3,(H2,21,23,25). The van der Waals surface area contributed by atoms with Gasteiger partial charge in [0.15, 0.2) is 5.96 Å². The molecule has 2 heterocycles. The fraction of sp³-hybridized carbons (Fsp3) is 0.350. The Labute approximate surface area is 164 Å². The van der Waals surface area contributed by atoms with Crippen LogP contribution in [-0.2, 0) is 25.9 Å². The van der Waals surface area contributed by atoms with Crippen LogP contribution in [0.1, 0.15) is 27.9 Å². The molecule has 0 saturated carbocycles. The van der Waals surface area contributed by atoms with Gasteiger partial charge in [0, 0.05) is 56.6 Å². The van der Waals surface area contributed by atoms with Crippen LogP contribution < -0.4 is 10.6 Å². The van der Waals surface area contributed by atoms with E-state index in [9.17, 15) is 0 Å². The number of hydrogen-bond donors (Lipinski definition) is 2. The van der Waals surface area contributed by atoms with Crippen LogP contribution in [0.2, 0.25) is 0 Å². The predicted octanol–water partition coefficient (Wildman–Crippen LogP) is 2.86. The molecule has 1 aromatic carbocycles. The molecule has 0 aliphatic rings. The van der Waals surface area contributed by atoms with Crippen molar-refractivity contribution in [2.24, 2.45) is 4.99 Å². The maximum atomic E-state index is 4.46. The van der Waals surface area contributed by atoms with Gasteiger partial charge in [-0.3, -0.25) is 4.99 Å². The van der Waals surface area contributed by atoms with Crippen molar-refractivity contribution in [3.05, 3.63) is 70.2 Å². The summed E-state index contributed by atoms with van der Waals surface area (Å²) in [6.45, 7) is 4.53. The Balaban J connectivity index is 1.46. The number of rotatable bonds is 8. The third-order valence-electron chi connectivity index (χ3n) is 4.18. The quantitative estimate of drug-likeness (QED) is 0.464. The van der Waals surface area contributed by atoms with E-state index in [0.29, 0.717) is 0 Å². The molecule has 3 aromatic rings. The maximum absolute atomic E-state index is 4.46. The van der Waals surface area contributed by atoms with Gasteiger partial charge in [-0.25, -0.2) is 9.97 Å². The summed E-state index contributed by atoms with van der Waals surface area (Å²) >= 11 is 1.79. The zero-order valence-corrected chi connectivity index (χ0v) is 16.7. The average molecular weight is 383 g/mol. The fourth-order valence-corrected chi connectivity index (χ4v) is 3.61. The van der Waals surface area contributed by atoms with Crippen molar-refractivity contribution < 1.29 is 0 Å². The van der Waals surface area contributed by atoms with Gasteiger partial charge in [0.25, 0.3) is 0 Å². The van der Waals surface area contributed by atoms with Crippen LogP contribution in [-0.4, -0.2) is 34.1 Å². The molecule has 0 atom stereocenters. The second-order valence-electron chi connectivity index (χ2n) is 6.23. The molecule has 0 saturated heterocycles. The summed E-state index contributed by atoms with van der Waals surface area (Å²) in [4.78, 5) is 14.2. The summed E-state index contributed by atoms with van der Waals surface area (Å²) in [6.07, 6.45) is 9.55. The number of guanidine groups is 1. The number of aliphatic imine (C=N–C) groups is 1. The second kappa shape index (κ2) is 9.87. The Morgan fingerprint density at radius 3 is 2.89 bits per heavy atom. The van der Waals surface area contributed by atoms with Crippen molar-refractivity contribution in [3.63, 3.8) is 0 Å². The molecule has 2 N–H and O–H groups in total. The van der Waals surface area contributed by atoms with Crippen LogP contribution in [0.25, 0.3) is 0 Å². The van der Waals surface area contributed by atoms with Crippen LogP contribution in [0.15, 0.2) is 54.2 Å². The Morgan fingerprint density at radius 2 is 2.15 bits per heavy atom. The number of aromatic nitrogens is 3. The number of imidazole rings is 1. The highest BCUT2D eigenvalue weighted by Gasteiger charge is 2.03. The number of aryl methyl sites for hydroxylation is 1. The summed E-state index contributed by atoms with van der Waals surface area (Å²) in [5, 5.41) is 7.91. The first kappa shape index (κ1) is 19.1. The van der Waals surface area contributed by atoms with Gasteiger partial charge >= 0.3 is 0 Å². The average Bonchev–Trinajstić information content (AvgIpc) is 3.36. The molecule has 3 rings (SSSR count). The van der Waals surface area contributed by atoms with E-state index >= 15 is 0 Å². The van der Waals surface area contributed by atoms with E-state index in [1.165, 1.54) is 21.0 Å². The molecule has 0 fully saturated rings. The third kappa shape index (κ3) is 5.92. The van der Waals surface area contributed by atoms with Crippen molar-refractivity contribution in [1.82, 2.24) is 25.2 Å². The lowest BCUT2D eigenvalue weighted by Gasteiger charge is -2.12. The van der Waals surface area contributed by atoms with E-state index in [4.69, 9.17) is 0 Å². The smallest absolute Gasteiger partial charge is 0.191 e. The first-order chi connectivity index (χ1) is 13.3. The molecule has 0 unspecified atom stereocenters. The van der Waals surface area contributed by atoms with Crippen molar-refractivity contribution in [2.45, 2.75) is 32.9 Å².